The van der Waals surface area contributed by atoms with Gasteiger partial charge in [-0.2, -0.15) is 0 Å². The van der Waals surface area contributed by atoms with E-state index in [0.717, 1.165) is 0 Å². The maximum atomic E-state index is 5.59. The monoisotopic (exact) mass is 191 g/mol. The first-order valence-corrected chi connectivity index (χ1v) is 4.27. The van der Waals surface area contributed by atoms with Crippen LogP contribution < -0.4 is 15.2 Å². The highest BCUT2D eigenvalue weighted by molar-refractivity contribution is 5.51. The molecule has 0 atom stereocenters. The van der Waals surface area contributed by atoms with E-state index in [-0.39, 0.29) is 0 Å². The summed E-state index contributed by atoms with van der Waals surface area (Å²) in [6.07, 6.45) is 5.68. The zero-order chi connectivity index (χ0) is 10.4. The summed E-state index contributed by atoms with van der Waals surface area (Å²) in [5, 5.41) is 0. The molecule has 0 aliphatic heterocycles. The molecular formula is C11H13NO2. The number of hydrogen-bond donors (Lipinski definition) is 1. The van der Waals surface area contributed by atoms with E-state index in [4.69, 9.17) is 21.6 Å². The van der Waals surface area contributed by atoms with Gasteiger partial charge in [0.05, 0.1) is 13.7 Å². The first-order chi connectivity index (χ1) is 6.77. The molecule has 0 saturated carbocycles. The number of hydrogen-bond acceptors (Lipinski definition) is 3. The van der Waals surface area contributed by atoms with Crippen LogP contribution in [0.5, 0.6) is 11.5 Å². The molecule has 2 N–H and O–H groups in total. The molecule has 0 aliphatic rings. The minimum absolute atomic E-state index is 0.483. The van der Waals surface area contributed by atoms with Crippen molar-refractivity contribution in [3.63, 3.8) is 0 Å². The second kappa shape index (κ2) is 5.03. The summed E-state index contributed by atoms with van der Waals surface area (Å²) in [7, 11) is 1.57. The van der Waals surface area contributed by atoms with Crippen molar-refractivity contribution in [1.82, 2.24) is 0 Å². The van der Waals surface area contributed by atoms with Gasteiger partial charge < -0.3 is 15.2 Å². The van der Waals surface area contributed by atoms with Gasteiger partial charge in [0.2, 0.25) is 0 Å². The van der Waals surface area contributed by atoms with E-state index in [9.17, 15) is 0 Å². The molecule has 0 radical (unpaired) electrons. The molecule has 0 fully saturated rings. The van der Waals surface area contributed by atoms with Crippen molar-refractivity contribution in [3.05, 3.63) is 18.2 Å². The highest BCUT2D eigenvalue weighted by Crippen LogP contribution is 2.28. The third-order valence-electron chi connectivity index (χ3n) is 1.69. The maximum absolute atomic E-state index is 5.59. The van der Waals surface area contributed by atoms with E-state index in [1.807, 2.05) is 0 Å². The summed E-state index contributed by atoms with van der Waals surface area (Å²) in [6.45, 7) is 0.483. The Hall–Kier alpha value is -1.82. The van der Waals surface area contributed by atoms with Crippen molar-refractivity contribution < 1.29 is 9.47 Å². The van der Waals surface area contributed by atoms with Crippen LogP contribution in [-0.4, -0.2) is 13.7 Å². The lowest BCUT2D eigenvalue weighted by atomic mass is 10.3. The number of nitrogens with two attached hydrogens (primary N) is 1. The van der Waals surface area contributed by atoms with Gasteiger partial charge in [0.25, 0.3) is 0 Å². The number of terminal acetylenes is 1. The van der Waals surface area contributed by atoms with Crippen LogP contribution in [0.25, 0.3) is 0 Å². The van der Waals surface area contributed by atoms with Crippen LogP contribution in [0, 0.1) is 12.3 Å². The zero-order valence-electron chi connectivity index (χ0n) is 8.12. The predicted octanol–water partition coefficient (Wildman–Crippen LogP) is 1.68. The van der Waals surface area contributed by atoms with Gasteiger partial charge in [-0.1, -0.05) is 0 Å². The van der Waals surface area contributed by atoms with Crippen molar-refractivity contribution in [2.24, 2.45) is 0 Å². The molecule has 3 heteroatoms. The average Bonchev–Trinajstić information content (AvgIpc) is 2.20. The summed E-state index contributed by atoms with van der Waals surface area (Å²) >= 11 is 0. The van der Waals surface area contributed by atoms with Crippen molar-refractivity contribution in [2.45, 2.75) is 6.42 Å². The summed E-state index contributed by atoms with van der Waals surface area (Å²) in [5.74, 6) is 3.79. The summed E-state index contributed by atoms with van der Waals surface area (Å²) in [5.41, 5.74) is 6.23. The average molecular weight is 191 g/mol. The molecule has 74 valence electrons. The van der Waals surface area contributed by atoms with Crippen LogP contribution in [0.1, 0.15) is 6.42 Å². The van der Waals surface area contributed by atoms with Crippen molar-refractivity contribution in [2.75, 3.05) is 19.5 Å². The number of benzene rings is 1. The molecule has 0 heterocycles. The van der Waals surface area contributed by atoms with Crippen LogP contribution in [0.4, 0.5) is 5.69 Å². The Morgan fingerprint density at radius 2 is 2.21 bits per heavy atom. The van der Waals surface area contributed by atoms with Crippen LogP contribution in [0.15, 0.2) is 18.2 Å². The van der Waals surface area contributed by atoms with Crippen molar-refractivity contribution in [3.8, 4) is 23.8 Å². The first-order valence-electron chi connectivity index (χ1n) is 4.27. The first kappa shape index (κ1) is 10.3. The smallest absolute Gasteiger partial charge is 0.162 e. The van der Waals surface area contributed by atoms with Crippen LogP contribution in [0.3, 0.4) is 0 Å². The molecule has 1 aromatic carbocycles. The quantitative estimate of drug-likeness (QED) is 0.447. The molecule has 0 unspecified atom stereocenters. The minimum Gasteiger partial charge on any atom is -0.493 e. The fraction of sp³-hybridized carbons (Fsp3) is 0.273. The standard InChI is InChI=1S/C11H13NO2/c1-3-4-7-14-10-6-5-9(12)8-11(10)13-2/h1,5-6,8H,4,7,12H2,2H3. The zero-order valence-corrected chi connectivity index (χ0v) is 8.12. The number of ether oxygens (including phenoxy) is 2. The number of methoxy groups -OCH3 is 1. The van der Waals surface area contributed by atoms with E-state index in [2.05, 4.69) is 5.92 Å². The van der Waals surface area contributed by atoms with Gasteiger partial charge in [-0.3, -0.25) is 0 Å². The molecule has 0 spiro atoms. The molecule has 1 aromatic rings. The summed E-state index contributed by atoms with van der Waals surface area (Å²) in [4.78, 5) is 0. The minimum atomic E-state index is 0.483. The predicted molar refractivity (Wildman–Crippen MR) is 56.4 cm³/mol. The fourth-order valence-electron chi connectivity index (χ4n) is 1.02. The van der Waals surface area contributed by atoms with E-state index in [1.165, 1.54) is 0 Å². The Bertz CT molecular complexity index is 342. The van der Waals surface area contributed by atoms with Gasteiger partial charge in [0, 0.05) is 18.2 Å². The lowest BCUT2D eigenvalue weighted by Gasteiger charge is -2.09. The van der Waals surface area contributed by atoms with Crippen LogP contribution in [0.2, 0.25) is 0 Å². The Labute approximate surface area is 83.8 Å². The second-order valence-electron chi connectivity index (χ2n) is 2.71. The summed E-state index contributed by atoms with van der Waals surface area (Å²) in [6, 6.07) is 5.24. The highest BCUT2D eigenvalue weighted by Gasteiger charge is 2.03. The van der Waals surface area contributed by atoms with E-state index < -0.39 is 0 Å². The number of nitrogen functional groups attached to an aromatic ring is 1. The number of rotatable bonds is 4. The Morgan fingerprint density at radius 1 is 1.43 bits per heavy atom. The van der Waals surface area contributed by atoms with E-state index in [1.54, 1.807) is 25.3 Å². The Kier molecular flexibility index (Phi) is 3.69. The molecule has 3 nitrogen and oxygen atoms in total. The Morgan fingerprint density at radius 3 is 2.86 bits per heavy atom. The molecule has 14 heavy (non-hydrogen) atoms. The Balaban J connectivity index is 2.71. The third kappa shape index (κ3) is 2.60. The van der Waals surface area contributed by atoms with Gasteiger partial charge >= 0.3 is 0 Å². The lowest BCUT2D eigenvalue weighted by molar-refractivity contribution is 0.301. The highest BCUT2D eigenvalue weighted by atomic mass is 16.5. The van der Waals surface area contributed by atoms with E-state index in [0.29, 0.717) is 30.2 Å². The summed E-state index contributed by atoms with van der Waals surface area (Å²) < 4.78 is 10.5. The molecule has 0 bridgehead atoms. The number of anilines is 1. The van der Waals surface area contributed by atoms with Gasteiger partial charge in [-0.25, -0.2) is 0 Å². The molecule has 0 aromatic heterocycles. The van der Waals surface area contributed by atoms with Gasteiger partial charge in [0.15, 0.2) is 11.5 Å². The topological polar surface area (TPSA) is 44.5 Å². The fourth-order valence-corrected chi connectivity index (χ4v) is 1.02. The normalized spacial score (nSPS) is 9.14. The molecule has 1 rings (SSSR count). The van der Waals surface area contributed by atoms with Gasteiger partial charge in [-0.05, 0) is 12.1 Å². The van der Waals surface area contributed by atoms with Crippen molar-refractivity contribution >= 4 is 5.69 Å². The van der Waals surface area contributed by atoms with Crippen LogP contribution in [-0.2, 0) is 0 Å². The maximum Gasteiger partial charge on any atom is 0.162 e. The molecule has 0 aliphatic carbocycles. The van der Waals surface area contributed by atoms with Gasteiger partial charge in [0.1, 0.15) is 0 Å². The van der Waals surface area contributed by atoms with Crippen molar-refractivity contribution in [1.29, 1.82) is 0 Å². The van der Waals surface area contributed by atoms with Crippen LogP contribution >= 0.6 is 0 Å². The van der Waals surface area contributed by atoms with E-state index >= 15 is 0 Å². The second-order valence-corrected chi connectivity index (χ2v) is 2.71. The van der Waals surface area contributed by atoms with Gasteiger partial charge in [-0.15, -0.1) is 12.3 Å². The lowest BCUT2D eigenvalue weighted by Crippen LogP contribution is -1.98. The molecule has 0 saturated heterocycles. The SMILES string of the molecule is C#CCCOc1ccc(N)cc1OC. The molecule has 0 amide bonds. The largest absolute Gasteiger partial charge is 0.493 e. The molecular weight excluding hydrogens is 178 g/mol. The third-order valence-corrected chi connectivity index (χ3v) is 1.69.